The number of amides is 2. The van der Waals surface area contributed by atoms with Gasteiger partial charge in [0.25, 0.3) is 17.4 Å². The largest absolute Gasteiger partial charge is 0.506 e. The lowest BCUT2D eigenvalue weighted by molar-refractivity contribution is 0.102. The molecule has 3 N–H and O–H groups in total. The summed E-state index contributed by atoms with van der Waals surface area (Å²) in [5.74, 6) is -1.43. The van der Waals surface area contributed by atoms with Crippen LogP contribution < -0.4 is 16.2 Å². The number of nitrogens with zero attached hydrogens (tertiary/aromatic N) is 3. The van der Waals surface area contributed by atoms with Gasteiger partial charge in [-0.2, -0.15) is 0 Å². The summed E-state index contributed by atoms with van der Waals surface area (Å²) in [6, 6.07) is 11.7. The van der Waals surface area contributed by atoms with Crippen LogP contribution in [0.1, 0.15) is 20.7 Å². The second-order valence-electron chi connectivity index (χ2n) is 7.39. The van der Waals surface area contributed by atoms with Gasteiger partial charge in [-0.1, -0.05) is 35.3 Å². The van der Waals surface area contributed by atoms with Crippen molar-refractivity contribution in [1.29, 1.82) is 0 Å². The fraction of sp³-hybridized carbons (Fsp3) is 0.0417. The highest BCUT2D eigenvalue weighted by Gasteiger charge is 2.20. The normalized spacial score (nSPS) is 10.6. The molecule has 0 aliphatic heterocycles. The van der Waals surface area contributed by atoms with E-state index in [0.29, 0.717) is 10.6 Å². The van der Waals surface area contributed by atoms with Gasteiger partial charge in [-0.25, -0.2) is 9.97 Å². The third-order valence-corrected chi connectivity index (χ3v) is 5.41. The highest BCUT2D eigenvalue weighted by Crippen LogP contribution is 2.32. The molecule has 0 aliphatic carbocycles. The quantitative estimate of drug-likeness (QED) is 0.343. The van der Waals surface area contributed by atoms with Crippen LogP contribution in [0.15, 0.2) is 71.9 Å². The number of aromatic hydroxyl groups is 1. The van der Waals surface area contributed by atoms with Crippen molar-refractivity contribution in [3.63, 3.8) is 0 Å². The van der Waals surface area contributed by atoms with Crippen LogP contribution in [0.25, 0.3) is 11.3 Å². The number of nitrogens with one attached hydrogen (secondary N) is 2. The third-order valence-electron chi connectivity index (χ3n) is 4.97. The molecule has 0 spiro atoms. The predicted octanol–water partition coefficient (Wildman–Crippen LogP) is 4.36. The van der Waals surface area contributed by atoms with Crippen molar-refractivity contribution in [2.75, 3.05) is 10.6 Å². The minimum atomic E-state index is -0.658. The van der Waals surface area contributed by atoms with E-state index in [1.54, 1.807) is 31.4 Å². The first kappa shape index (κ1) is 23.9. The number of carbonyl (C=O) groups excluding carboxylic acids is 2. The number of aromatic nitrogens is 3. The Kier molecular flexibility index (Phi) is 6.81. The number of aryl methyl sites for hydroxylation is 1. The maximum atomic E-state index is 12.9. The first-order chi connectivity index (χ1) is 16.7. The molecular weight excluding hydrogens is 493 g/mol. The van der Waals surface area contributed by atoms with Crippen LogP contribution >= 0.6 is 23.2 Å². The molecule has 0 bridgehead atoms. The topological polar surface area (TPSA) is 126 Å². The number of hydrogen-bond donors (Lipinski definition) is 3. The highest BCUT2D eigenvalue weighted by molar-refractivity contribution is 6.32. The van der Waals surface area contributed by atoms with E-state index in [9.17, 15) is 19.5 Å². The van der Waals surface area contributed by atoms with Crippen molar-refractivity contribution in [2.24, 2.45) is 7.05 Å². The fourth-order valence-corrected chi connectivity index (χ4v) is 3.52. The second-order valence-corrected chi connectivity index (χ2v) is 8.26. The minimum absolute atomic E-state index is 0.0753. The first-order valence-corrected chi connectivity index (χ1v) is 10.9. The van der Waals surface area contributed by atoms with Crippen LogP contribution in [-0.2, 0) is 7.05 Å². The average Bonchev–Trinajstić information content (AvgIpc) is 2.84. The van der Waals surface area contributed by atoms with Crippen molar-refractivity contribution < 1.29 is 14.7 Å². The Hall–Kier alpha value is -4.21. The molecule has 11 heteroatoms. The van der Waals surface area contributed by atoms with E-state index in [1.165, 1.54) is 47.3 Å². The molecule has 0 aliphatic rings. The molecule has 4 aromatic rings. The number of anilines is 2. The van der Waals surface area contributed by atoms with E-state index in [4.69, 9.17) is 23.2 Å². The fourth-order valence-electron chi connectivity index (χ4n) is 3.20. The summed E-state index contributed by atoms with van der Waals surface area (Å²) < 4.78 is 1.40. The molecule has 35 heavy (non-hydrogen) atoms. The van der Waals surface area contributed by atoms with Gasteiger partial charge in [-0.15, -0.1) is 0 Å². The Morgan fingerprint density at radius 2 is 1.69 bits per heavy atom. The minimum Gasteiger partial charge on any atom is -0.506 e. The summed E-state index contributed by atoms with van der Waals surface area (Å²) in [4.78, 5) is 46.1. The first-order valence-electron chi connectivity index (χ1n) is 10.1. The summed E-state index contributed by atoms with van der Waals surface area (Å²) >= 11 is 11.8. The van der Waals surface area contributed by atoms with Crippen LogP contribution in [0.5, 0.6) is 5.75 Å². The number of pyridine rings is 1. The van der Waals surface area contributed by atoms with Gasteiger partial charge in [0.15, 0.2) is 0 Å². The molecule has 9 nitrogen and oxygen atoms in total. The molecule has 0 unspecified atom stereocenters. The smallest absolute Gasteiger partial charge is 0.276 e. The Balaban J connectivity index is 1.59. The molecule has 2 heterocycles. The molecule has 176 valence electrons. The molecule has 0 radical (unpaired) electrons. The lowest BCUT2D eigenvalue weighted by Gasteiger charge is -2.14. The predicted molar refractivity (Wildman–Crippen MR) is 133 cm³/mol. The van der Waals surface area contributed by atoms with E-state index in [-0.39, 0.29) is 38.9 Å². The number of phenols is 1. The van der Waals surface area contributed by atoms with Gasteiger partial charge in [0, 0.05) is 47.9 Å². The van der Waals surface area contributed by atoms with Gasteiger partial charge in [-0.05, 0) is 30.3 Å². The Morgan fingerprint density at radius 1 is 0.943 bits per heavy atom. The molecule has 4 rings (SSSR count). The van der Waals surface area contributed by atoms with Gasteiger partial charge in [0.05, 0.1) is 16.3 Å². The number of hydrogen-bond acceptors (Lipinski definition) is 6. The van der Waals surface area contributed by atoms with Gasteiger partial charge in [0.2, 0.25) is 0 Å². The van der Waals surface area contributed by atoms with Crippen molar-refractivity contribution in [2.45, 2.75) is 0 Å². The lowest BCUT2D eigenvalue weighted by Crippen LogP contribution is -2.19. The number of rotatable bonds is 5. The molecule has 2 aromatic carbocycles. The monoisotopic (exact) mass is 509 g/mol. The van der Waals surface area contributed by atoms with Gasteiger partial charge >= 0.3 is 0 Å². The summed E-state index contributed by atoms with van der Waals surface area (Å²) in [7, 11) is 1.62. The van der Waals surface area contributed by atoms with Gasteiger partial charge < -0.3 is 20.3 Å². The summed E-state index contributed by atoms with van der Waals surface area (Å²) in [5, 5.41) is 16.0. The average molecular weight is 510 g/mol. The molecule has 2 aromatic heterocycles. The Labute approximate surface area is 209 Å². The molecule has 0 fully saturated rings. The molecular formula is C24H17Cl2N5O4. The summed E-state index contributed by atoms with van der Waals surface area (Å²) in [6.45, 7) is 0. The Bertz CT molecular complexity index is 1490. The number of phenolic OH excluding ortho intramolecular Hbond substituents is 1. The number of benzene rings is 2. The molecule has 2 amide bonds. The van der Waals surface area contributed by atoms with E-state index in [0.717, 1.165) is 0 Å². The summed E-state index contributed by atoms with van der Waals surface area (Å²) in [5.41, 5.74) is 0.519. The summed E-state index contributed by atoms with van der Waals surface area (Å²) in [6.07, 6.45) is 4.41. The van der Waals surface area contributed by atoms with Crippen LogP contribution in [0, 0.1) is 0 Å². The zero-order valence-corrected chi connectivity index (χ0v) is 19.6. The van der Waals surface area contributed by atoms with Crippen LogP contribution in [-0.4, -0.2) is 31.5 Å². The standard InChI is InChI=1S/C24H17Cl2N5O4/c1-31-9-8-27-20(24(31)35)13-2-4-14(5-3-13)22(33)30-21-17(10-16(26)11-18(21)32)23(34)29-19-7-6-15(25)12-28-19/h2-12,32H,1H3,(H,30,33)(H,28,29,34). The van der Waals surface area contributed by atoms with E-state index in [1.807, 2.05) is 0 Å². The number of halogens is 2. The van der Waals surface area contributed by atoms with Crippen molar-refractivity contribution in [3.05, 3.63) is 98.6 Å². The molecule has 0 saturated carbocycles. The van der Waals surface area contributed by atoms with E-state index in [2.05, 4.69) is 20.6 Å². The maximum absolute atomic E-state index is 12.9. The van der Waals surface area contributed by atoms with Crippen LogP contribution in [0.4, 0.5) is 11.5 Å². The van der Waals surface area contributed by atoms with Crippen LogP contribution in [0.2, 0.25) is 10.0 Å². The van der Waals surface area contributed by atoms with E-state index < -0.39 is 17.6 Å². The van der Waals surface area contributed by atoms with Gasteiger partial charge in [-0.3, -0.25) is 14.4 Å². The van der Waals surface area contributed by atoms with Crippen molar-refractivity contribution in [1.82, 2.24) is 14.5 Å². The Morgan fingerprint density at radius 3 is 2.37 bits per heavy atom. The SMILES string of the molecule is Cn1ccnc(-c2ccc(C(=O)Nc3c(O)cc(Cl)cc3C(=O)Nc3ccc(Cl)cn3)cc2)c1=O. The molecule has 0 atom stereocenters. The second kappa shape index (κ2) is 9.96. The maximum Gasteiger partial charge on any atom is 0.276 e. The lowest BCUT2D eigenvalue weighted by atomic mass is 10.1. The zero-order valence-electron chi connectivity index (χ0n) is 18.1. The number of carbonyl (C=O) groups is 2. The van der Waals surface area contributed by atoms with E-state index >= 15 is 0 Å². The molecule has 0 saturated heterocycles. The van der Waals surface area contributed by atoms with Crippen molar-refractivity contribution >= 4 is 46.5 Å². The van der Waals surface area contributed by atoms with Gasteiger partial charge in [0.1, 0.15) is 17.3 Å². The zero-order chi connectivity index (χ0) is 25.1. The van der Waals surface area contributed by atoms with Crippen LogP contribution in [0.3, 0.4) is 0 Å². The highest BCUT2D eigenvalue weighted by atomic mass is 35.5. The third kappa shape index (κ3) is 5.32. The van der Waals surface area contributed by atoms with Crippen molar-refractivity contribution in [3.8, 4) is 17.0 Å².